The highest BCUT2D eigenvalue weighted by Gasteiger charge is 2.20. The van der Waals surface area contributed by atoms with Crippen molar-refractivity contribution in [2.24, 2.45) is 0 Å². The third-order valence-electron chi connectivity index (χ3n) is 4.59. The lowest BCUT2D eigenvalue weighted by atomic mass is 10.1. The van der Waals surface area contributed by atoms with E-state index in [4.69, 9.17) is 0 Å². The van der Waals surface area contributed by atoms with Gasteiger partial charge in [0, 0.05) is 17.6 Å². The van der Waals surface area contributed by atoms with Gasteiger partial charge in [0.25, 0.3) is 11.8 Å². The minimum absolute atomic E-state index is 0.0934. The molecule has 1 unspecified atom stereocenters. The minimum atomic E-state index is -0.463. The lowest BCUT2D eigenvalue weighted by molar-refractivity contribution is 0.0843. The summed E-state index contributed by atoms with van der Waals surface area (Å²) in [5.41, 5.74) is 8.61. The molecule has 2 heterocycles. The van der Waals surface area contributed by atoms with Crippen LogP contribution in [0, 0.1) is 13.8 Å². The van der Waals surface area contributed by atoms with Gasteiger partial charge in [-0.25, -0.2) is 0 Å². The Morgan fingerprint density at radius 1 is 0.963 bits per heavy atom. The van der Waals surface area contributed by atoms with Gasteiger partial charge in [-0.3, -0.25) is 25.4 Å². The number of carbonyl (C=O) groups is 2. The zero-order valence-corrected chi connectivity index (χ0v) is 15.6. The summed E-state index contributed by atoms with van der Waals surface area (Å²) in [5, 5.41) is 0. The molecule has 2 N–H and O–H groups in total. The lowest BCUT2D eigenvalue weighted by Crippen LogP contribution is -2.42. The fourth-order valence-corrected chi connectivity index (χ4v) is 3.23. The molecule has 138 valence electrons. The highest BCUT2D eigenvalue weighted by atomic mass is 16.2. The van der Waals surface area contributed by atoms with Crippen LogP contribution in [0.15, 0.2) is 60.8 Å². The number of amides is 2. The van der Waals surface area contributed by atoms with Crippen LogP contribution in [0.3, 0.4) is 0 Å². The maximum Gasteiger partial charge on any atom is 0.288 e. The van der Waals surface area contributed by atoms with Crippen LogP contribution in [0.2, 0.25) is 0 Å². The van der Waals surface area contributed by atoms with E-state index in [9.17, 15) is 9.59 Å². The Kier molecular flexibility index (Phi) is 5.35. The van der Waals surface area contributed by atoms with Crippen LogP contribution in [-0.4, -0.2) is 21.4 Å². The van der Waals surface area contributed by atoms with E-state index in [-0.39, 0.29) is 17.6 Å². The van der Waals surface area contributed by atoms with Crippen LogP contribution in [0.5, 0.6) is 0 Å². The first-order valence-electron chi connectivity index (χ1n) is 8.74. The second-order valence-corrected chi connectivity index (χ2v) is 6.36. The fourth-order valence-electron chi connectivity index (χ4n) is 3.23. The number of benzene rings is 1. The average Bonchev–Trinajstić information content (AvgIpc) is 3.00. The van der Waals surface area contributed by atoms with Gasteiger partial charge in [-0.1, -0.05) is 36.4 Å². The molecular formula is C21H22N4O2. The summed E-state index contributed by atoms with van der Waals surface area (Å²) in [6, 6.07) is 17.0. The van der Waals surface area contributed by atoms with Crippen molar-refractivity contribution in [1.82, 2.24) is 20.4 Å². The average molecular weight is 362 g/mol. The summed E-state index contributed by atoms with van der Waals surface area (Å²) in [4.78, 5) is 28.6. The van der Waals surface area contributed by atoms with Crippen molar-refractivity contribution in [3.05, 3.63) is 89.0 Å². The van der Waals surface area contributed by atoms with Crippen molar-refractivity contribution >= 4 is 11.8 Å². The molecule has 3 aromatic rings. The molecule has 0 aliphatic heterocycles. The third kappa shape index (κ3) is 3.89. The van der Waals surface area contributed by atoms with Crippen molar-refractivity contribution in [3.63, 3.8) is 0 Å². The second-order valence-electron chi connectivity index (χ2n) is 6.36. The predicted octanol–water partition coefficient (Wildman–Crippen LogP) is 3.18. The largest absolute Gasteiger partial charge is 0.341 e. The van der Waals surface area contributed by atoms with Gasteiger partial charge < -0.3 is 4.57 Å². The van der Waals surface area contributed by atoms with Crippen LogP contribution in [-0.2, 0) is 0 Å². The van der Waals surface area contributed by atoms with Gasteiger partial charge in [-0.05, 0) is 44.5 Å². The highest BCUT2D eigenvalue weighted by molar-refractivity contribution is 5.99. The zero-order chi connectivity index (χ0) is 19.4. The van der Waals surface area contributed by atoms with E-state index in [0.29, 0.717) is 5.56 Å². The van der Waals surface area contributed by atoms with Crippen molar-refractivity contribution in [3.8, 4) is 0 Å². The molecule has 6 heteroatoms. The van der Waals surface area contributed by atoms with Gasteiger partial charge in [0.2, 0.25) is 0 Å². The van der Waals surface area contributed by atoms with Gasteiger partial charge in [0.1, 0.15) is 5.69 Å². The summed E-state index contributed by atoms with van der Waals surface area (Å²) in [5.74, 6) is -0.825. The van der Waals surface area contributed by atoms with E-state index in [1.807, 2.05) is 38.1 Å². The molecule has 6 nitrogen and oxygen atoms in total. The third-order valence-corrected chi connectivity index (χ3v) is 4.59. The number of pyridine rings is 1. The minimum Gasteiger partial charge on any atom is -0.341 e. The number of hydrazine groups is 1. The molecule has 2 aromatic heterocycles. The number of hydrogen-bond donors (Lipinski definition) is 2. The van der Waals surface area contributed by atoms with E-state index in [2.05, 4.69) is 39.5 Å². The lowest BCUT2D eigenvalue weighted by Gasteiger charge is -2.19. The van der Waals surface area contributed by atoms with Crippen molar-refractivity contribution in [2.75, 3.05) is 0 Å². The summed E-state index contributed by atoms with van der Waals surface area (Å²) >= 11 is 0. The molecule has 27 heavy (non-hydrogen) atoms. The van der Waals surface area contributed by atoms with E-state index in [0.717, 1.165) is 17.0 Å². The summed E-state index contributed by atoms with van der Waals surface area (Å²) in [6.07, 6.45) is 1.52. The van der Waals surface area contributed by atoms with E-state index in [1.54, 1.807) is 18.2 Å². The molecule has 0 spiro atoms. The van der Waals surface area contributed by atoms with E-state index < -0.39 is 5.91 Å². The number of hydrogen-bond acceptors (Lipinski definition) is 3. The Morgan fingerprint density at radius 2 is 1.63 bits per heavy atom. The summed E-state index contributed by atoms with van der Waals surface area (Å²) in [6.45, 7) is 5.97. The van der Waals surface area contributed by atoms with Crippen LogP contribution < -0.4 is 10.9 Å². The molecule has 0 aliphatic rings. The van der Waals surface area contributed by atoms with Gasteiger partial charge in [0.05, 0.1) is 11.6 Å². The zero-order valence-electron chi connectivity index (χ0n) is 15.6. The number of nitrogens with one attached hydrogen (secondary N) is 2. The van der Waals surface area contributed by atoms with Crippen molar-refractivity contribution in [2.45, 2.75) is 26.8 Å². The van der Waals surface area contributed by atoms with Crippen LogP contribution in [0.4, 0.5) is 0 Å². The number of nitrogens with zero attached hydrogens (tertiary/aromatic N) is 2. The number of aromatic nitrogens is 2. The first-order chi connectivity index (χ1) is 13.0. The van der Waals surface area contributed by atoms with Crippen molar-refractivity contribution < 1.29 is 9.59 Å². The topological polar surface area (TPSA) is 76.0 Å². The van der Waals surface area contributed by atoms with Gasteiger partial charge in [-0.15, -0.1) is 0 Å². The monoisotopic (exact) mass is 362 g/mol. The second kappa shape index (κ2) is 7.86. The molecular weight excluding hydrogens is 340 g/mol. The summed E-state index contributed by atoms with van der Waals surface area (Å²) in [7, 11) is 0. The molecule has 0 bridgehead atoms. The first-order valence-corrected chi connectivity index (χ1v) is 8.74. The Morgan fingerprint density at radius 3 is 2.30 bits per heavy atom. The first kappa shape index (κ1) is 18.4. The van der Waals surface area contributed by atoms with E-state index >= 15 is 0 Å². The molecule has 0 fully saturated rings. The number of carbonyl (C=O) groups excluding carboxylic acids is 2. The molecule has 2 amide bonds. The van der Waals surface area contributed by atoms with Crippen LogP contribution in [0.1, 0.15) is 50.8 Å². The molecule has 0 radical (unpaired) electrons. The van der Waals surface area contributed by atoms with E-state index in [1.165, 1.54) is 6.20 Å². The fraction of sp³-hybridized carbons (Fsp3) is 0.190. The van der Waals surface area contributed by atoms with Crippen LogP contribution >= 0.6 is 0 Å². The van der Waals surface area contributed by atoms with Crippen LogP contribution in [0.25, 0.3) is 0 Å². The SMILES string of the molecule is Cc1cc(C(=O)NNC(=O)c2ccccn2)c(C)n1C(C)c1ccccc1. The number of rotatable bonds is 4. The molecule has 0 saturated carbocycles. The quantitative estimate of drug-likeness (QED) is 0.700. The molecule has 0 saturated heterocycles. The highest BCUT2D eigenvalue weighted by Crippen LogP contribution is 2.25. The predicted molar refractivity (Wildman–Crippen MR) is 103 cm³/mol. The Balaban J connectivity index is 1.75. The Labute approximate surface area is 158 Å². The molecule has 1 atom stereocenters. The Hall–Kier alpha value is -3.41. The number of aryl methyl sites for hydroxylation is 1. The standard InChI is InChI=1S/C21H22N4O2/c1-14-13-18(16(3)25(14)15(2)17-9-5-4-6-10-17)20(26)23-24-21(27)19-11-7-8-12-22-19/h4-13,15H,1-3H3,(H,23,26)(H,24,27). The molecule has 0 aliphatic carbocycles. The Bertz CT molecular complexity index is 949. The normalized spacial score (nSPS) is 11.7. The summed E-state index contributed by atoms with van der Waals surface area (Å²) < 4.78 is 2.12. The van der Waals surface area contributed by atoms with Gasteiger partial charge >= 0.3 is 0 Å². The smallest absolute Gasteiger partial charge is 0.288 e. The van der Waals surface area contributed by atoms with Gasteiger partial charge in [0.15, 0.2) is 0 Å². The maximum absolute atomic E-state index is 12.6. The van der Waals surface area contributed by atoms with Gasteiger partial charge in [-0.2, -0.15) is 0 Å². The molecule has 1 aromatic carbocycles. The molecule has 3 rings (SSSR count). The maximum atomic E-state index is 12.6. The van der Waals surface area contributed by atoms with Crippen molar-refractivity contribution in [1.29, 1.82) is 0 Å².